The van der Waals surface area contributed by atoms with Crippen molar-refractivity contribution in [2.45, 2.75) is 13.5 Å². The predicted molar refractivity (Wildman–Crippen MR) is 131 cm³/mol. The molecule has 0 unspecified atom stereocenters. The standard InChI is InChI=1S/C25H23BrN2O6/c1-2-32-23-13-19(9-11-22(23)33-15-17-6-4-3-5-7-17)25(31)28-27-14-18-8-10-21(20(26)12-18)34-16-24(29)30/h3-14H,2,15-16H2,1H3,(H,28,31)(H,29,30)/b27-14+. The van der Waals surface area contributed by atoms with Gasteiger partial charge in [0.05, 0.1) is 17.3 Å². The second-order valence-electron chi connectivity index (χ2n) is 6.94. The summed E-state index contributed by atoms with van der Waals surface area (Å²) in [7, 11) is 0. The summed E-state index contributed by atoms with van der Waals surface area (Å²) in [6.45, 7) is 2.22. The highest BCUT2D eigenvalue weighted by atomic mass is 79.9. The zero-order valence-electron chi connectivity index (χ0n) is 18.4. The number of amides is 1. The Labute approximate surface area is 205 Å². The summed E-state index contributed by atoms with van der Waals surface area (Å²) in [6, 6.07) is 19.7. The van der Waals surface area contributed by atoms with Crippen LogP contribution in [0, 0.1) is 0 Å². The number of hydrazone groups is 1. The number of carbonyl (C=O) groups is 2. The van der Waals surface area contributed by atoms with Crippen LogP contribution in [0.3, 0.4) is 0 Å². The van der Waals surface area contributed by atoms with Gasteiger partial charge in [0, 0.05) is 5.56 Å². The third-order valence-corrected chi connectivity index (χ3v) is 5.05. The highest BCUT2D eigenvalue weighted by Crippen LogP contribution is 2.29. The monoisotopic (exact) mass is 526 g/mol. The lowest BCUT2D eigenvalue weighted by Gasteiger charge is -2.13. The molecule has 0 aliphatic carbocycles. The van der Waals surface area contributed by atoms with E-state index in [4.69, 9.17) is 19.3 Å². The molecule has 0 aliphatic heterocycles. The van der Waals surface area contributed by atoms with Crippen LogP contribution >= 0.6 is 15.9 Å². The Morgan fingerprint density at radius 1 is 0.971 bits per heavy atom. The summed E-state index contributed by atoms with van der Waals surface area (Å²) in [5.41, 5.74) is 4.54. The van der Waals surface area contributed by atoms with Gasteiger partial charge in [0.2, 0.25) is 0 Å². The molecule has 8 nitrogen and oxygen atoms in total. The maximum absolute atomic E-state index is 12.5. The second-order valence-corrected chi connectivity index (χ2v) is 7.79. The lowest BCUT2D eigenvalue weighted by Crippen LogP contribution is -2.17. The van der Waals surface area contributed by atoms with Gasteiger partial charge in [-0.05, 0) is 70.4 Å². The number of halogens is 1. The third kappa shape index (κ3) is 7.35. The summed E-state index contributed by atoms with van der Waals surface area (Å²) in [5, 5.41) is 12.7. The fraction of sp³-hybridized carbons (Fsp3) is 0.160. The molecule has 0 saturated carbocycles. The molecule has 0 spiro atoms. The Balaban J connectivity index is 1.62. The average molecular weight is 527 g/mol. The number of nitrogens with one attached hydrogen (secondary N) is 1. The Morgan fingerprint density at radius 3 is 2.44 bits per heavy atom. The summed E-state index contributed by atoms with van der Waals surface area (Å²) >= 11 is 3.32. The molecule has 3 aromatic carbocycles. The van der Waals surface area contributed by atoms with Gasteiger partial charge in [-0.1, -0.05) is 30.3 Å². The molecule has 0 radical (unpaired) electrons. The first-order valence-electron chi connectivity index (χ1n) is 10.4. The number of carboxylic acids is 1. The van der Waals surface area contributed by atoms with Crippen LogP contribution in [0.15, 0.2) is 76.3 Å². The number of benzene rings is 3. The second kappa shape index (κ2) is 12.4. The van der Waals surface area contributed by atoms with Crippen molar-refractivity contribution in [3.05, 3.63) is 87.9 Å². The summed E-state index contributed by atoms with van der Waals surface area (Å²) in [6.07, 6.45) is 1.46. The SMILES string of the molecule is CCOc1cc(C(=O)N/N=C/c2ccc(OCC(=O)O)c(Br)c2)ccc1OCc1ccccc1. The van der Waals surface area contributed by atoms with Crippen LogP contribution < -0.4 is 19.6 Å². The zero-order valence-corrected chi connectivity index (χ0v) is 19.9. The number of ether oxygens (including phenoxy) is 3. The zero-order chi connectivity index (χ0) is 24.3. The van der Waals surface area contributed by atoms with Crippen LogP contribution in [0.2, 0.25) is 0 Å². The van der Waals surface area contributed by atoms with E-state index >= 15 is 0 Å². The fourth-order valence-electron chi connectivity index (χ4n) is 2.86. The van der Waals surface area contributed by atoms with Gasteiger partial charge in [-0.25, -0.2) is 10.2 Å². The van der Waals surface area contributed by atoms with E-state index in [1.54, 1.807) is 36.4 Å². The van der Waals surface area contributed by atoms with Crippen LogP contribution in [0.5, 0.6) is 17.2 Å². The molecule has 3 aromatic rings. The quantitative estimate of drug-likeness (QED) is 0.278. The van der Waals surface area contributed by atoms with Crippen molar-refractivity contribution in [3.8, 4) is 17.2 Å². The molecule has 1 amide bonds. The minimum absolute atomic E-state index is 0.367. The van der Waals surface area contributed by atoms with E-state index in [1.807, 2.05) is 37.3 Å². The average Bonchev–Trinajstić information content (AvgIpc) is 2.83. The van der Waals surface area contributed by atoms with Gasteiger partial charge in [-0.15, -0.1) is 0 Å². The minimum Gasteiger partial charge on any atom is -0.490 e. The van der Waals surface area contributed by atoms with Crippen LogP contribution in [0.1, 0.15) is 28.4 Å². The van der Waals surface area contributed by atoms with Gasteiger partial charge in [0.15, 0.2) is 18.1 Å². The van der Waals surface area contributed by atoms with E-state index < -0.39 is 18.5 Å². The molecule has 3 rings (SSSR count). The molecule has 0 atom stereocenters. The number of carboxylic acid groups (broad SMARTS) is 1. The van der Waals surface area contributed by atoms with Crippen molar-refractivity contribution in [1.29, 1.82) is 0 Å². The van der Waals surface area contributed by atoms with Gasteiger partial charge in [-0.2, -0.15) is 5.10 Å². The molecule has 0 fully saturated rings. The van der Waals surface area contributed by atoms with Crippen molar-refractivity contribution in [1.82, 2.24) is 5.43 Å². The molecular formula is C25H23BrN2O6. The molecule has 176 valence electrons. The Morgan fingerprint density at radius 2 is 1.74 bits per heavy atom. The smallest absolute Gasteiger partial charge is 0.341 e. The molecule has 34 heavy (non-hydrogen) atoms. The predicted octanol–water partition coefficient (Wildman–Crippen LogP) is 4.65. The largest absolute Gasteiger partial charge is 0.490 e. The molecule has 0 saturated heterocycles. The summed E-state index contributed by atoms with van der Waals surface area (Å²) in [4.78, 5) is 23.2. The lowest BCUT2D eigenvalue weighted by atomic mass is 10.2. The van der Waals surface area contributed by atoms with Crippen molar-refractivity contribution < 1.29 is 28.9 Å². The van der Waals surface area contributed by atoms with E-state index in [2.05, 4.69) is 26.5 Å². The van der Waals surface area contributed by atoms with E-state index in [0.717, 1.165) is 5.56 Å². The first-order chi connectivity index (χ1) is 16.5. The van der Waals surface area contributed by atoms with Crippen LogP contribution in [-0.2, 0) is 11.4 Å². The van der Waals surface area contributed by atoms with Crippen molar-refractivity contribution in [2.75, 3.05) is 13.2 Å². The van der Waals surface area contributed by atoms with E-state index in [1.165, 1.54) is 6.21 Å². The fourth-order valence-corrected chi connectivity index (χ4v) is 3.37. The van der Waals surface area contributed by atoms with Crippen LogP contribution in [0.4, 0.5) is 0 Å². The molecule has 2 N–H and O–H groups in total. The molecule has 0 aromatic heterocycles. The molecular weight excluding hydrogens is 504 g/mol. The Hall–Kier alpha value is -3.85. The highest BCUT2D eigenvalue weighted by Gasteiger charge is 2.12. The number of aliphatic carboxylic acids is 1. The minimum atomic E-state index is -1.07. The van der Waals surface area contributed by atoms with Gasteiger partial charge in [-0.3, -0.25) is 4.79 Å². The van der Waals surface area contributed by atoms with Gasteiger partial charge >= 0.3 is 5.97 Å². The maximum atomic E-state index is 12.5. The number of rotatable bonds is 11. The maximum Gasteiger partial charge on any atom is 0.341 e. The number of carbonyl (C=O) groups excluding carboxylic acids is 1. The molecule has 9 heteroatoms. The van der Waals surface area contributed by atoms with Gasteiger partial charge in [0.1, 0.15) is 12.4 Å². The molecule has 0 bridgehead atoms. The van der Waals surface area contributed by atoms with E-state index in [-0.39, 0.29) is 0 Å². The van der Waals surface area contributed by atoms with Crippen LogP contribution in [0.25, 0.3) is 0 Å². The Bertz CT molecular complexity index is 1170. The van der Waals surface area contributed by atoms with Crippen molar-refractivity contribution in [3.63, 3.8) is 0 Å². The topological polar surface area (TPSA) is 106 Å². The van der Waals surface area contributed by atoms with Crippen LogP contribution in [-0.4, -0.2) is 36.4 Å². The molecule has 0 heterocycles. The van der Waals surface area contributed by atoms with E-state index in [0.29, 0.717) is 46.1 Å². The normalized spacial score (nSPS) is 10.6. The van der Waals surface area contributed by atoms with Gasteiger partial charge < -0.3 is 19.3 Å². The lowest BCUT2D eigenvalue weighted by molar-refractivity contribution is -0.139. The summed E-state index contributed by atoms with van der Waals surface area (Å²) < 4.78 is 17.2. The molecule has 0 aliphatic rings. The number of hydrogen-bond donors (Lipinski definition) is 2. The number of nitrogens with zero attached hydrogens (tertiary/aromatic N) is 1. The first kappa shape index (κ1) is 24.8. The third-order valence-electron chi connectivity index (χ3n) is 4.43. The Kier molecular flexibility index (Phi) is 9.04. The van der Waals surface area contributed by atoms with Crippen molar-refractivity contribution >= 4 is 34.0 Å². The van der Waals surface area contributed by atoms with E-state index in [9.17, 15) is 9.59 Å². The first-order valence-corrected chi connectivity index (χ1v) is 11.2. The summed E-state index contributed by atoms with van der Waals surface area (Å²) in [5.74, 6) is -0.0748. The highest BCUT2D eigenvalue weighted by molar-refractivity contribution is 9.10. The van der Waals surface area contributed by atoms with Crippen molar-refractivity contribution in [2.24, 2.45) is 5.10 Å². The van der Waals surface area contributed by atoms with Gasteiger partial charge in [0.25, 0.3) is 5.91 Å². The number of hydrogen-bond acceptors (Lipinski definition) is 6.